The third-order valence-electron chi connectivity index (χ3n) is 0.539. The fraction of sp³-hybridized carbons (Fsp3) is 1.00. The summed E-state index contributed by atoms with van der Waals surface area (Å²) in [4.78, 5) is 8.89. The first kappa shape index (κ1) is 6.65. The summed E-state index contributed by atoms with van der Waals surface area (Å²) in [6, 6.07) is 0. The molecule has 3 heteroatoms. The van der Waals surface area contributed by atoms with Crippen LogP contribution >= 0.6 is 24.0 Å². The lowest BCUT2D eigenvalue weighted by atomic mass is 10.5. The van der Waals surface area contributed by atoms with E-state index in [1.165, 1.54) is 0 Å². The molecular formula is C3H7IO2. The molecule has 0 spiro atoms. The molecule has 0 amide bonds. The minimum absolute atomic E-state index is 0. The van der Waals surface area contributed by atoms with Crippen molar-refractivity contribution in [2.45, 2.75) is 6.42 Å². The summed E-state index contributed by atoms with van der Waals surface area (Å²) >= 11 is 0. The van der Waals surface area contributed by atoms with Gasteiger partial charge in [0.1, 0.15) is 0 Å². The molecule has 6 heavy (non-hydrogen) atoms. The van der Waals surface area contributed by atoms with Crippen LogP contribution in [0.25, 0.3) is 0 Å². The second-order valence-electron chi connectivity index (χ2n) is 0.998. The Balaban J connectivity index is 0.000000250. The molecule has 1 heterocycles. The highest BCUT2D eigenvalue weighted by atomic mass is 127. The molecule has 1 rings (SSSR count). The van der Waals surface area contributed by atoms with E-state index in [4.69, 9.17) is 0 Å². The molecule has 0 radical (unpaired) electrons. The normalized spacial score (nSPS) is 20.0. The first-order chi connectivity index (χ1) is 2.50. The van der Waals surface area contributed by atoms with Gasteiger partial charge in [-0.1, -0.05) is 0 Å². The summed E-state index contributed by atoms with van der Waals surface area (Å²) in [5, 5.41) is 0. The van der Waals surface area contributed by atoms with Gasteiger partial charge in [-0.15, -0.1) is 24.0 Å². The molecule has 0 aromatic heterocycles. The van der Waals surface area contributed by atoms with Crippen LogP contribution in [0.3, 0.4) is 0 Å². The maximum atomic E-state index is 4.44. The third-order valence-corrected chi connectivity index (χ3v) is 0.539. The quantitative estimate of drug-likeness (QED) is 0.430. The van der Waals surface area contributed by atoms with Crippen molar-refractivity contribution in [1.82, 2.24) is 0 Å². The smallest absolute Gasteiger partial charge is 0.0845 e. The van der Waals surface area contributed by atoms with Gasteiger partial charge in [0.15, 0.2) is 0 Å². The van der Waals surface area contributed by atoms with E-state index in [-0.39, 0.29) is 24.0 Å². The zero-order valence-corrected chi connectivity index (χ0v) is 5.68. The second kappa shape index (κ2) is 3.83. The van der Waals surface area contributed by atoms with Gasteiger partial charge in [0, 0.05) is 6.42 Å². The fourth-order valence-corrected chi connectivity index (χ4v) is 0.295. The van der Waals surface area contributed by atoms with Crippen LogP contribution in [-0.4, -0.2) is 13.2 Å². The van der Waals surface area contributed by atoms with E-state index >= 15 is 0 Å². The fourth-order valence-electron chi connectivity index (χ4n) is 0.295. The van der Waals surface area contributed by atoms with E-state index in [1.54, 1.807) is 0 Å². The molecule has 1 aliphatic rings. The lowest BCUT2D eigenvalue weighted by Gasteiger charge is -1.77. The standard InChI is InChI=1S/C3H6O2.HI/c1-2-4-5-3-1;/h1-3H2;1H. The Kier molecular flexibility index (Phi) is 4.24. The van der Waals surface area contributed by atoms with Gasteiger partial charge in [0.25, 0.3) is 0 Å². The van der Waals surface area contributed by atoms with E-state index in [0.717, 1.165) is 19.6 Å². The second-order valence-corrected chi connectivity index (χ2v) is 0.998. The average Bonchev–Trinajstić information content (AvgIpc) is 1.76. The van der Waals surface area contributed by atoms with Crippen LogP contribution < -0.4 is 0 Å². The summed E-state index contributed by atoms with van der Waals surface area (Å²) in [7, 11) is 0. The Morgan fingerprint density at radius 3 is 1.67 bits per heavy atom. The Bertz CT molecular complexity index is 20.4. The molecule has 1 aliphatic heterocycles. The number of hydrogen-bond donors (Lipinski definition) is 0. The number of rotatable bonds is 0. The predicted molar refractivity (Wildman–Crippen MR) is 31.9 cm³/mol. The molecule has 2 nitrogen and oxygen atoms in total. The molecule has 0 N–H and O–H groups in total. The maximum absolute atomic E-state index is 4.44. The van der Waals surface area contributed by atoms with Crippen molar-refractivity contribution in [3.63, 3.8) is 0 Å². The predicted octanol–water partition coefficient (Wildman–Crippen LogP) is 0.956. The van der Waals surface area contributed by atoms with Crippen LogP contribution in [0.1, 0.15) is 6.42 Å². The van der Waals surface area contributed by atoms with Crippen LogP contribution in [0.2, 0.25) is 0 Å². The van der Waals surface area contributed by atoms with E-state index in [0.29, 0.717) is 0 Å². The van der Waals surface area contributed by atoms with Crippen LogP contribution in [0, 0.1) is 0 Å². The van der Waals surface area contributed by atoms with Gasteiger partial charge in [-0.05, 0) is 0 Å². The Morgan fingerprint density at radius 2 is 1.50 bits per heavy atom. The van der Waals surface area contributed by atoms with Crippen molar-refractivity contribution in [2.24, 2.45) is 0 Å². The van der Waals surface area contributed by atoms with Gasteiger partial charge in [-0.2, -0.15) is 0 Å². The van der Waals surface area contributed by atoms with Crippen molar-refractivity contribution in [1.29, 1.82) is 0 Å². The van der Waals surface area contributed by atoms with Gasteiger partial charge in [-0.25, -0.2) is 9.78 Å². The molecular weight excluding hydrogens is 195 g/mol. The lowest BCUT2D eigenvalue weighted by Crippen LogP contribution is -1.72. The number of halogens is 1. The van der Waals surface area contributed by atoms with E-state index < -0.39 is 0 Å². The SMILES string of the molecule is C1COOC1.I. The zero-order valence-electron chi connectivity index (χ0n) is 3.35. The molecule has 0 unspecified atom stereocenters. The Labute approximate surface area is 53.8 Å². The first-order valence-corrected chi connectivity index (χ1v) is 1.74. The summed E-state index contributed by atoms with van der Waals surface area (Å²) in [6.07, 6.45) is 1.06. The third kappa shape index (κ3) is 1.94. The molecule has 0 saturated carbocycles. The molecule has 1 saturated heterocycles. The average molecular weight is 202 g/mol. The van der Waals surface area contributed by atoms with Crippen molar-refractivity contribution >= 4 is 24.0 Å². The highest BCUT2D eigenvalue weighted by molar-refractivity contribution is 14.0. The van der Waals surface area contributed by atoms with Gasteiger partial charge in [-0.3, -0.25) is 0 Å². The Hall–Kier alpha value is 0.650. The molecule has 38 valence electrons. The summed E-state index contributed by atoms with van der Waals surface area (Å²) in [5.74, 6) is 0. The van der Waals surface area contributed by atoms with Crippen molar-refractivity contribution in [2.75, 3.05) is 13.2 Å². The van der Waals surface area contributed by atoms with Crippen LogP contribution in [0.15, 0.2) is 0 Å². The molecule has 0 aromatic rings. The van der Waals surface area contributed by atoms with Crippen LogP contribution in [0.4, 0.5) is 0 Å². The summed E-state index contributed by atoms with van der Waals surface area (Å²) in [6.45, 7) is 1.56. The topological polar surface area (TPSA) is 18.5 Å². The molecule has 1 fully saturated rings. The summed E-state index contributed by atoms with van der Waals surface area (Å²) < 4.78 is 0. The van der Waals surface area contributed by atoms with Gasteiger partial charge < -0.3 is 0 Å². The van der Waals surface area contributed by atoms with E-state index in [1.807, 2.05) is 0 Å². The van der Waals surface area contributed by atoms with Crippen molar-refractivity contribution in [3.05, 3.63) is 0 Å². The minimum atomic E-state index is 0. The monoisotopic (exact) mass is 202 g/mol. The first-order valence-electron chi connectivity index (χ1n) is 1.74. The molecule has 0 aromatic carbocycles. The lowest BCUT2D eigenvalue weighted by molar-refractivity contribution is -0.248. The van der Waals surface area contributed by atoms with Gasteiger partial charge in [0.2, 0.25) is 0 Å². The zero-order chi connectivity index (χ0) is 3.54. The molecule has 0 aliphatic carbocycles. The largest absolute Gasteiger partial charge is 0.237 e. The van der Waals surface area contributed by atoms with Gasteiger partial charge >= 0.3 is 0 Å². The Morgan fingerprint density at radius 1 is 1.00 bits per heavy atom. The number of hydrogen-bond acceptors (Lipinski definition) is 2. The van der Waals surface area contributed by atoms with E-state index in [2.05, 4.69) is 9.78 Å². The highest BCUT2D eigenvalue weighted by Crippen LogP contribution is 1.93. The maximum Gasteiger partial charge on any atom is 0.0845 e. The molecule has 0 atom stereocenters. The summed E-state index contributed by atoms with van der Waals surface area (Å²) in [5.41, 5.74) is 0. The van der Waals surface area contributed by atoms with Crippen LogP contribution in [-0.2, 0) is 9.78 Å². The minimum Gasteiger partial charge on any atom is -0.237 e. The van der Waals surface area contributed by atoms with E-state index in [9.17, 15) is 0 Å². The molecule has 0 bridgehead atoms. The van der Waals surface area contributed by atoms with Crippen LogP contribution in [0.5, 0.6) is 0 Å². The van der Waals surface area contributed by atoms with Crippen molar-refractivity contribution < 1.29 is 9.78 Å². The highest BCUT2D eigenvalue weighted by Gasteiger charge is 1.95. The van der Waals surface area contributed by atoms with Gasteiger partial charge in [0.05, 0.1) is 13.2 Å². The van der Waals surface area contributed by atoms with Crippen molar-refractivity contribution in [3.8, 4) is 0 Å².